The number of rotatable bonds is 5. The summed E-state index contributed by atoms with van der Waals surface area (Å²) in [6.45, 7) is 6.43. The molecule has 2 heterocycles. The van der Waals surface area contributed by atoms with Crippen molar-refractivity contribution in [2.24, 2.45) is 5.92 Å². The molecule has 0 radical (unpaired) electrons. The van der Waals surface area contributed by atoms with Gasteiger partial charge in [-0.05, 0) is 30.2 Å². The quantitative estimate of drug-likeness (QED) is 0.782. The van der Waals surface area contributed by atoms with Crippen molar-refractivity contribution in [2.75, 3.05) is 6.54 Å². The van der Waals surface area contributed by atoms with Crippen molar-refractivity contribution < 1.29 is 0 Å². The zero-order chi connectivity index (χ0) is 13.4. The largest absolute Gasteiger partial charge is 0.293 e. The standard InChI is InChI=1S/C14H18ClN3S/c1-9(2)7-18(10-3-4-10)8-12-16-13(15)11-5-6-19-14(11)17-12/h5-6,9-10H,3-4,7-8H2,1-2H3. The van der Waals surface area contributed by atoms with E-state index in [1.165, 1.54) is 12.8 Å². The van der Waals surface area contributed by atoms with Gasteiger partial charge < -0.3 is 0 Å². The summed E-state index contributed by atoms with van der Waals surface area (Å²) in [6, 6.07) is 2.71. The lowest BCUT2D eigenvalue weighted by Crippen LogP contribution is -2.30. The first-order chi connectivity index (χ1) is 9.13. The van der Waals surface area contributed by atoms with Crippen molar-refractivity contribution in [1.29, 1.82) is 0 Å². The second-order valence-corrected chi connectivity index (χ2v) is 6.88. The third-order valence-corrected chi connectivity index (χ3v) is 4.43. The average Bonchev–Trinajstić information content (AvgIpc) is 3.07. The number of thiophene rings is 1. The number of fused-ring (bicyclic) bond motifs is 1. The van der Waals surface area contributed by atoms with Gasteiger partial charge in [0.1, 0.15) is 15.8 Å². The van der Waals surface area contributed by atoms with Crippen molar-refractivity contribution in [1.82, 2.24) is 14.9 Å². The highest BCUT2D eigenvalue weighted by molar-refractivity contribution is 7.16. The summed E-state index contributed by atoms with van der Waals surface area (Å²) in [4.78, 5) is 12.6. The first-order valence-corrected chi connectivity index (χ1v) is 8.03. The van der Waals surface area contributed by atoms with Gasteiger partial charge in [0, 0.05) is 18.0 Å². The van der Waals surface area contributed by atoms with Crippen LogP contribution in [-0.2, 0) is 6.54 Å². The Hall–Kier alpha value is -0.710. The van der Waals surface area contributed by atoms with Gasteiger partial charge in [-0.2, -0.15) is 0 Å². The van der Waals surface area contributed by atoms with E-state index in [1.54, 1.807) is 11.3 Å². The highest BCUT2D eigenvalue weighted by atomic mass is 35.5. The SMILES string of the molecule is CC(C)CN(Cc1nc(Cl)c2ccsc2n1)C1CC1. The molecular weight excluding hydrogens is 278 g/mol. The van der Waals surface area contributed by atoms with Gasteiger partial charge in [-0.15, -0.1) is 11.3 Å². The zero-order valence-electron chi connectivity index (χ0n) is 11.3. The van der Waals surface area contributed by atoms with Crippen molar-refractivity contribution in [3.05, 3.63) is 22.4 Å². The third kappa shape index (κ3) is 3.07. The molecule has 0 aliphatic heterocycles. The molecule has 1 fully saturated rings. The topological polar surface area (TPSA) is 29.0 Å². The Morgan fingerprint density at radius 1 is 1.42 bits per heavy atom. The van der Waals surface area contributed by atoms with Crippen molar-refractivity contribution >= 4 is 33.2 Å². The van der Waals surface area contributed by atoms with E-state index in [1.807, 2.05) is 11.4 Å². The van der Waals surface area contributed by atoms with Gasteiger partial charge in [0.25, 0.3) is 0 Å². The summed E-state index contributed by atoms with van der Waals surface area (Å²) < 4.78 is 0. The monoisotopic (exact) mass is 295 g/mol. The number of aromatic nitrogens is 2. The van der Waals surface area contributed by atoms with Gasteiger partial charge in [-0.3, -0.25) is 4.90 Å². The number of halogens is 1. The summed E-state index contributed by atoms with van der Waals surface area (Å²) in [5.41, 5.74) is 0. The minimum Gasteiger partial charge on any atom is -0.293 e. The van der Waals surface area contributed by atoms with Gasteiger partial charge in [-0.25, -0.2) is 9.97 Å². The Labute approximate surface area is 122 Å². The first-order valence-electron chi connectivity index (χ1n) is 6.77. The fraction of sp³-hybridized carbons (Fsp3) is 0.571. The maximum Gasteiger partial charge on any atom is 0.145 e. The van der Waals surface area contributed by atoms with E-state index in [0.717, 1.165) is 35.2 Å². The molecule has 102 valence electrons. The molecule has 0 atom stereocenters. The van der Waals surface area contributed by atoms with Crippen molar-refractivity contribution in [3.63, 3.8) is 0 Å². The minimum absolute atomic E-state index is 0.585. The molecule has 2 aromatic heterocycles. The van der Waals surface area contributed by atoms with Crippen LogP contribution >= 0.6 is 22.9 Å². The van der Waals surface area contributed by atoms with Crippen LogP contribution in [0.15, 0.2) is 11.4 Å². The van der Waals surface area contributed by atoms with Gasteiger partial charge >= 0.3 is 0 Å². The van der Waals surface area contributed by atoms with Gasteiger partial charge in [0.05, 0.1) is 6.54 Å². The summed E-state index contributed by atoms with van der Waals surface area (Å²) >= 11 is 7.85. The number of nitrogens with zero attached hydrogens (tertiary/aromatic N) is 3. The van der Waals surface area contributed by atoms with E-state index >= 15 is 0 Å². The lowest BCUT2D eigenvalue weighted by atomic mass is 10.2. The third-order valence-electron chi connectivity index (χ3n) is 3.33. The second-order valence-electron chi connectivity index (χ2n) is 5.62. The number of hydrogen-bond donors (Lipinski definition) is 0. The maximum atomic E-state index is 6.22. The predicted molar refractivity (Wildman–Crippen MR) is 80.7 cm³/mol. The molecule has 5 heteroatoms. The fourth-order valence-electron chi connectivity index (χ4n) is 2.36. The Bertz CT molecular complexity index is 577. The maximum absolute atomic E-state index is 6.22. The van der Waals surface area contributed by atoms with Crippen LogP contribution in [0.4, 0.5) is 0 Å². The molecule has 0 bridgehead atoms. The van der Waals surface area contributed by atoms with E-state index in [0.29, 0.717) is 11.1 Å². The van der Waals surface area contributed by atoms with Crippen LogP contribution in [0.3, 0.4) is 0 Å². The van der Waals surface area contributed by atoms with Crippen LogP contribution in [0, 0.1) is 5.92 Å². The van der Waals surface area contributed by atoms with E-state index in [9.17, 15) is 0 Å². The molecule has 2 aromatic rings. The van der Waals surface area contributed by atoms with Crippen molar-refractivity contribution in [2.45, 2.75) is 39.3 Å². The summed E-state index contributed by atoms with van der Waals surface area (Å²) in [7, 11) is 0. The van der Waals surface area contributed by atoms with Crippen LogP contribution in [0.1, 0.15) is 32.5 Å². The summed E-state index contributed by atoms with van der Waals surface area (Å²) in [5.74, 6) is 1.52. The van der Waals surface area contributed by atoms with Crippen LogP contribution in [-0.4, -0.2) is 27.5 Å². The molecule has 3 nitrogen and oxygen atoms in total. The van der Waals surface area contributed by atoms with Crippen molar-refractivity contribution in [3.8, 4) is 0 Å². The Kier molecular flexibility index (Phi) is 3.74. The lowest BCUT2D eigenvalue weighted by molar-refractivity contribution is 0.221. The molecule has 0 unspecified atom stereocenters. The number of hydrogen-bond acceptors (Lipinski definition) is 4. The van der Waals surface area contributed by atoms with E-state index in [4.69, 9.17) is 11.6 Å². The van der Waals surface area contributed by atoms with Gasteiger partial charge in [0.15, 0.2) is 0 Å². The normalized spacial score (nSPS) is 15.8. The lowest BCUT2D eigenvalue weighted by Gasteiger charge is -2.23. The van der Waals surface area contributed by atoms with Crippen LogP contribution < -0.4 is 0 Å². The minimum atomic E-state index is 0.585. The van der Waals surface area contributed by atoms with Crippen LogP contribution in [0.25, 0.3) is 10.2 Å². The molecule has 1 aliphatic rings. The molecule has 0 aromatic carbocycles. The molecule has 1 saturated carbocycles. The van der Waals surface area contributed by atoms with Gasteiger partial charge in [-0.1, -0.05) is 25.4 Å². The molecule has 0 amide bonds. The molecule has 0 saturated heterocycles. The second kappa shape index (κ2) is 5.35. The summed E-state index contributed by atoms with van der Waals surface area (Å²) in [6.07, 6.45) is 2.61. The Morgan fingerprint density at radius 3 is 2.89 bits per heavy atom. The van der Waals surface area contributed by atoms with Crippen LogP contribution in [0.2, 0.25) is 5.15 Å². The smallest absolute Gasteiger partial charge is 0.145 e. The Balaban J connectivity index is 1.82. The Morgan fingerprint density at radius 2 is 2.21 bits per heavy atom. The zero-order valence-corrected chi connectivity index (χ0v) is 12.8. The molecule has 0 N–H and O–H groups in total. The van der Waals surface area contributed by atoms with E-state index in [-0.39, 0.29) is 0 Å². The fourth-order valence-corrected chi connectivity index (χ4v) is 3.45. The van der Waals surface area contributed by atoms with Crippen LogP contribution in [0.5, 0.6) is 0 Å². The summed E-state index contributed by atoms with van der Waals surface area (Å²) in [5, 5.41) is 3.57. The highest BCUT2D eigenvalue weighted by Gasteiger charge is 2.29. The van der Waals surface area contributed by atoms with E-state index in [2.05, 4.69) is 28.7 Å². The molecule has 0 spiro atoms. The predicted octanol–water partition coefficient (Wildman–Crippen LogP) is 3.97. The van der Waals surface area contributed by atoms with E-state index < -0.39 is 0 Å². The highest BCUT2D eigenvalue weighted by Crippen LogP contribution is 2.30. The molecule has 1 aliphatic carbocycles. The first kappa shape index (κ1) is 13.3. The van der Waals surface area contributed by atoms with Gasteiger partial charge in [0.2, 0.25) is 0 Å². The molecule has 19 heavy (non-hydrogen) atoms. The average molecular weight is 296 g/mol. The molecule has 3 rings (SSSR count). The molecular formula is C14H18ClN3S.